The summed E-state index contributed by atoms with van der Waals surface area (Å²) in [4.78, 5) is 18.1. The van der Waals surface area contributed by atoms with Crippen molar-refractivity contribution < 1.29 is 9.90 Å². The number of carbonyl (C=O) groups excluding carboxylic acids is 1. The first kappa shape index (κ1) is 10.6. The molecule has 0 saturated carbocycles. The molecule has 1 atom stereocenters. The number of imidazole rings is 1. The summed E-state index contributed by atoms with van der Waals surface area (Å²) in [6, 6.07) is 0. The van der Waals surface area contributed by atoms with Crippen LogP contribution in [0.2, 0.25) is 0 Å². The van der Waals surface area contributed by atoms with E-state index in [9.17, 15) is 9.90 Å². The fourth-order valence-corrected chi connectivity index (χ4v) is 2.37. The molecule has 1 saturated heterocycles. The van der Waals surface area contributed by atoms with Crippen molar-refractivity contribution in [1.29, 1.82) is 0 Å². The number of β-amino-alcohol motifs (C(OH)–C–C–N with tert-alkyl or cyclic N) is 1. The number of fused-ring (bicyclic) bond motifs is 1. The molecular formula is C11H16N4O2. The number of amides is 1. The number of aliphatic hydroxyl groups excluding tert-OH is 1. The standard InChI is InChI=1S/C11H16N4O2/c16-8-2-5-14(6-8)10(17)9-7-15-4-1-3-12-11(15)13-9/h7-8,16H,1-6H2,(H,12,13). The fraction of sp³-hybridized carbons (Fsp3) is 0.636. The minimum absolute atomic E-state index is 0.0785. The van der Waals surface area contributed by atoms with Crippen LogP contribution in [0.1, 0.15) is 23.3 Å². The van der Waals surface area contributed by atoms with Crippen LogP contribution in [0.3, 0.4) is 0 Å². The van der Waals surface area contributed by atoms with Gasteiger partial charge < -0.3 is 19.9 Å². The van der Waals surface area contributed by atoms with Crippen molar-refractivity contribution in [3.8, 4) is 0 Å². The van der Waals surface area contributed by atoms with Gasteiger partial charge in [0.15, 0.2) is 0 Å². The number of rotatable bonds is 1. The Hall–Kier alpha value is -1.56. The van der Waals surface area contributed by atoms with E-state index >= 15 is 0 Å². The molecule has 0 aromatic carbocycles. The fourth-order valence-electron chi connectivity index (χ4n) is 2.37. The molecule has 92 valence electrons. The van der Waals surface area contributed by atoms with Crippen molar-refractivity contribution in [1.82, 2.24) is 14.5 Å². The summed E-state index contributed by atoms with van der Waals surface area (Å²) in [6.07, 6.45) is 3.14. The molecule has 1 amide bonds. The Morgan fingerprint density at radius 3 is 3.12 bits per heavy atom. The zero-order valence-electron chi connectivity index (χ0n) is 9.59. The molecule has 0 radical (unpaired) electrons. The van der Waals surface area contributed by atoms with Gasteiger partial charge in [-0.25, -0.2) is 4.98 Å². The van der Waals surface area contributed by atoms with Crippen LogP contribution in [-0.2, 0) is 6.54 Å². The summed E-state index contributed by atoms with van der Waals surface area (Å²) < 4.78 is 1.98. The van der Waals surface area contributed by atoms with E-state index < -0.39 is 0 Å². The van der Waals surface area contributed by atoms with Crippen LogP contribution in [0, 0.1) is 0 Å². The summed E-state index contributed by atoms with van der Waals surface area (Å²) in [6.45, 7) is 2.86. The number of carbonyl (C=O) groups is 1. The summed E-state index contributed by atoms with van der Waals surface area (Å²) >= 11 is 0. The predicted octanol–water partition coefficient (Wildman–Crippen LogP) is -0.0945. The van der Waals surface area contributed by atoms with Crippen LogP contribution in [-0.4, -0.2) is 51.2 Å². The molecule has 17 heavy (non-hydrogen) atoms. The largest absolute Gasteiger partial charge is 0.391 e. The minimum atomic E-state index is -0.380. The Morgan fingerprint density at radius 1 is 1.53 bits per heavy atom. The number of likely N-dealkylation sites (tertiary alicyclic amines) is 1. The van der Waals surface area contributed by atoms with E-state index in [-0.39, 0.29) is 12.0 Å². The number of hydrogen-bond acceptors (Lipinski definition) is 4. The zero-order chi connectivity index (χ0) is 11.8. The van der Waals surface area contributed by atoms with Crippen LogP contribution in [0.4, 0.5) is 5.95 Å². The van der Waals surface area contributed by atoms with Gasteiger partial charge in [0, 0.05) is 32.4 Å². The van der Waals surface area contributed by atoms with E-state index in [4.69, 9.17) is 0 Å². The first-order chi connectivity index (χ1) is 8.24. The number of nitrogens with one attached hydrogen (secondary N) is 1. The van der Waals surface area contributed by atoms with Gasteiger partial charge in [-0.15, -0.1) is 0 Å². The second kappa shape index (κ2) is 4.03. The number of aryl methyl sites for hydroxylation is 1. The van der Waals surface area contributed by atoms with E-state index in [0.717, 1.165) is 25.5 Å². The van der Waals surface area contributed by atoms with Gasteiger partial charge in [0.05, 0.1) is 6.10 Å². The van der Waals surface area contributed by atoms with Gasteiger partial charge in [0.2, 0.25) is 5.95 Å². The van der Waals surface area contributed by atoms with E-state index in [0.29, 0.717) is 25.2 Å². The topological polar surface area (TPSA) is 70.4 Å². The highest BCUT2D eigenvalue weighted by atomic mass is 16.3. The molecule has 1 fully saturated rings. The van der Waals surface area contributed by atoms with Crippen molar-refractivity contribution in [3.05, 3.63) is 11.9 Å². The quantitative estimate of drug-likeness (QED) is 0.714. The number of nitrogens with zero attached hydrogens (tertiary/aromatic N) is 3. The van der Waals surface area contributed by atoms with Crippen molar-refractivity contribution in [2.75, 3.05) is 25.0 Å². The number of hydrogen-bond donors (Lipinski definition) is 2. The maximum absolute atomic E-state index is 12.1. The smallest absolute Gasteiger partial charge is 0.274 e. The molecule has 3 rings (SSSR count). The Bertz CT molecular complexity index is 419. The molecule has 3 heterocycles. The normalized spacial score (nSPS) is 23.4. The van der Waals surface area contributed by atoms with Gasteiger partial charge in [-0.1, -0.05) is 0 Å². The predicted molar refractivity (Wildman–Crippen MR) is 61.9 cm³/mol. The second-order valence-electron chi connectivity index (χ2n) is 4.62. The lowest BCUT2D eigenvalue weighted by Gasteiger charge is -2.14. The van der Waals surface area contributed by atoms with Gasteiger partial charge in [0.25, 0.3) is 5.91 Å². The molecule has 1 unspecified atom stereocenters. The molecule has 1 aromatic rings. The van der Waals surface area contributed by atoms with Crippen molar-refractivity contribution in [2.45, 2.75) is 25.5 Å². The molecule has 0 aliphatic carbocycles. The number of aliphatic hydroxyl groups is 1. The van der Waals surface area contributed by atoms with Gasteiger partial charge in [-0.2, -0.15) is 0 Å². The summed E-state index contributed by atoms with van der Waals surface area (Å²) in [5.74, 6) is 0.699. The lowest BCUT2D eigenvalue weighted by atomic mass is 10.3. The lowest BCUT2D eigenvalue weighted by Crippen LogP contribution is -2.29. The maximum atomic E-state index is 12.1. The Kier molecular flexibility index (Phi) is 2.51. The highest BCUT2D eigenvalue weighted by Gasteiger charge is 2.27. The first-order valence-electron chi connectivity index (χ1n) is 6.02. The Labute approximate surface area is 99.2 Å². The minimum Gasteiger partial charge on any atom is -0.391 e. The first-order valence-corrected chi connectivity index (χ1v) is 6.02. The molecule has 2 aliphatic heterocycles. The molecule has 2 aliphatic rings. The van der Waals surface area contributed by atoms with Crippen LogP contribution < -0.4 is 5.32 Å². The Morgan fingerprint density at radius 2 is 2.41 bits per heavy atom. The van der Waals surface area contributed by atoms with Crippen molar-refractivity contribution >= 4 is 11.9 Å². The number of anilines is 1. The third kappa shape index (κ3) is 1.88. The molecule has 6 heteroatoms. The van der Waals surface area contributed by atoms with Crippen molar-refractivity contribution in [3.63, 3.8) is 0 Å². The van der Waals surface area contributed by atoms with Crippen LogP contribution >= 0.6 is 0 Å². The monoisotopic (exact) mass is 236 g/mol. The van der Waals surface area contributed by atoms with E-state index in [1.54, 1.807) is 11.1 Å². The highest BCUT2D eigenvalue weighted by Crippen LogP contribution is 2.17. The Balaban J connectivity index is 1.79. The third-order valence-electron chi connectivity index (χ3n) is 3.31. The van der Waals surface area contributed by atoms with E-state index in [1.807, 2.05) is 4.57 Å². The van der Waals surface area contributed by atoms with Crippen LogP contribution in [0.25, 0.3) is 0 Å². The highest BCUT2D eigenvalue weighted by molar-refractivity contribution is 5.92. The summed E-state index contributed by atoms with van der Waals surface area (Å²) in [7, 11) is 0. The second-order valence-corrected chi connectivity index (χ2v) is 4.62. The number of aromatic nitrogens is 2. The molecule has 0 spiro atoms. The van der Waals surface area contributed by atoms with Crippen molar-refractivity contribution in [2.24, 2.45) is 0 Å². The molecule has 2 N–H and O–H groups in total. The SMILES string of the molecule is O=C(c1cn2c(n1)NCCC2)N1CCC(O)C1. The zero-order valence-corrected chi connectivity index (χ0v) is 9.59. The molecule has 1 aromatic heterocycles. The van der Waals surface area contributed by atoms with Gasteiger partial charge in [0.1, 0.15) is 5.69 Å². The molecular weight excluding hydrogens is 220 g/mol. The lowest BCUT2D eigenvalue weighted by molar-refractivity contribution is 0.0759. The van der Waals surface area contributed by atoms with Crippen LogP contribution in [0.5, 0.6) is 0 Å². The average Bonchev–Trinajstić information content (AvgIpc) is 2.93. The maximum Gasteiger partial charge on any atom is 0.274 e. The van der Waals surface area contributed by atoms with Gasteiger partial charge in [-0.3, -0.25) is 4.79 Å². The molecule has 0 bridgehead atoms. The average molecular weight is 236 g/mol. The third-order valence-corrected chi connectivity index (χ3v) is 3.31. The van der Waals surface area contributed by atoms with Crippen LogP contribution in [0.15, 0.2) is 6.20 Å². The van der Waals surface area contributed by atoms with Gasteiger partial charge >= 0.3 is 0 Å². The summed E-state index contributed by atoms with van der Waals surface area (Å²) in [5.41, 5.74) is 0.475. The van der Waals surface area contributed by atoms with E-state index in [1.165, 1.54) is 0 Å². The van der Waals surface area contributed by atoms with Gasteiger partial charge in [-0.05, 0) is 12.8 Å². The van der Waals surface area contributed by atoms with E-state index in [2.05, 4.69) is 10.3 Å². The molecule has 6 nitrogen and oxygen atoms in total. The summed E-state index contributed by atoms with van der Waals surface area (Å²) in [5, 5.41) is 12.6.